The highest BCUT2D eigenvalue weighted by atomic mass is 32.2. The van der Waals surface area contributed by atoms with E-state index in [0.717, 1.165) is 38.4 Å². The maximum atomic E-state index is 11.9. The van der Waals surface area contributed by atoms with Gasteiger partial charge < -0.3 is 16.2 Å². The molecule has 0 saturated carbocycles. The summed E-state index contributed by atoms with van der Waals surface area (Å²) in [5, 5.41) is 12.9. The summed E-state index contributed by atoms with van der Waals surface area (Å²) in [6, 6.07) is 22.0. The fraction of sp³-hybridized carbons (Fsp3) is 0.0714. The Balaban J connectivity index is 0.000000239. The number of hydrogen-bond donors (Lipinski definition) is 4. The second-order valence-corrected chi connectivity index (χ2v) is 13.2. The van der Waals surface area contributed by atoms with Crippen LogP contribution in [0.3, 0.4) is 0 Å². The number of hydrogen-bond acceptors (Lipinski definition) is 13. The van der Waals surface area contributed by atoms with E-state index in [4.69, 9.17) is 26.4 Å². The molecule has 0 atom stereocenters. The average Bonchev–Trinajstić information content (AvgIpc) is 3.60. The van der Waals surface area contributed by atoms with Gasteiger partial charge >= 0.3 is 0 Å². The van der Waals surface area contributed by atoms with E-state index in [2.05, 4.69) is 14.4 Å². The summed E-state index contributed by atoms with van der Waals surface area (Å²) >= 11 is 3.82. The fourth-order valence-corrected chi connectivity index (χ4v) is 7.42. The van der Waals surface area contributed by atoms with Gasteiger partial charge in [-0.3, -0.25) is 4.55 Å². The quantitative estimate of drug-likeness (QED) is 0.0451. The Morgan fingerprint density at radius 1 is 0.860 bits per heavy atom. The number of fused-ring (bicyclic) bond motifs is 2. The zero-order chi connectivity index (χ0) is 30.7. The topological polar surface area (TPSA) is 180 Å². The van der Waals surface area contributed by atoms with E-state index in [1.54, 1.807) is 42.5 Å². The highest BCUT2D eigenvalue weighted by Crippen LogP contribution is 2.37. The molecule has 0 unspecified atom stereocenters. The third kappa shape index (κ3) is 6.90. The van der Waals surface area contributed by atoms with Gasteiger partial charge in [-0.25, -0.2) is 15.2 Å². The number of ether oxygens (including phenoxy) is 1. The van der Waals surface area contributed by atoms with Crippen molar-refractivity contribution in [1.29, 1.82) is 0 Å². The highest BCUT2D eigenvalue weighted by molar-refractivity contribution is 7.94. The smallest absolute Gasteiger partial charge is 0.296 e. The first-order valence-electron chi connectivity index (χ1n) is 12.3. The summed E-state index contributed by atoms with van der Waals surface area (Å²) in [4.78, 5) is 9.84. The van der Waals surface area contributed by atoms with Crippen molar-refractivity contribution in [3.63, 3.8) is 0 Å². The van der Waals surface area contributed by atoms with Crippen LogP contribution < -0.4 is 16.2 Å². The molecule has 0 radical (unpaired) electrons. The first-order valence-corrected chi connectivity index (χ1v) is 16.1. The molecular formula is C28H24N4O7S4. The first kappa shape index (κ1) is 30.7. The van der Waals surface area contributed by atoms with Crippen LogP contribution in [0.25, 0.3) is 41.6 Å². The van der Waals surface area contributed by atoms with Crippen LogP contribution in [-0.2, 0) is 19.5 Å². The Morgan fingerprint density at radius 3 is 2.21 bits per heavy atom. The molecule has 0 aliphatic rings. The number of methoxy groups -OCH3 is 1. The van der Waals surface area contributed by atoms with Crippen molar-refractivity contribution in [2.45, 2.75) is 16.7 Å². The minimum absolute atomic E-state index is 0.136. The third-order valence-electron chi connectivity index (χ3n) is 6.12. The summed E-state index contributed by atoms with van der Waals surface area (Å²) < 4.78 is 44.3. The van der Waals surface area contributed by atoms with Crippen LogP contribution >= 0.6 is 34.7 Å². The van der Waals surface area contributed by atoms with Gasteiger partial charge in [0.2, 0.25) is 0 Å². The van der Waals surface area contributed by atoms with Crippen molar-refractivity contribution in [2.75, 3.05) is 18.6 Å². The minimum Gasteiger partial charge on any atom is -0.495 e. The molecule has 0 saturated heterocycles. The lowest BCUT2D eigenvalue weighted by Crippen LogP contribution is -2.01. The van der Waals surface area contributed by atoms with Crippen LogP contribution in [0.2, 0.25) is 0 Å². The molecule has 15 heteroatoms. The predicted octanol–water partition coefficient (Wildman–Crippen LogP) is 7.08. The van der Waals surface area contributed by atoms with Crippen molar-refractivity contribution in [2.24, 2.45) is 0 Å². The van der Waals surface area contributed by atoms with Gasteiger partial charge in [-0.1, -0.05) is 17.2 Å². The van der Waals surface area contributed by atoms with Gasteiger partial charge in [0.25, 0.3) is 10.1 Å². The van der Waals surface area contributed by atoms with E-state index in [0.29, 0.717) is 42.8 Å². The summed E-state index contributed by atoms with van der Waals surface area (Å²) in [6.07, 6.45) is 0. The maximum Gasteiger partial charge on any atom is 0.296 e. The highest BCUT2D eigenvalue weighted by Gasteiger charge is 2.21. The van der Waals surface area contributed by atoms with Gasteiger partial charge in [-0.15, -0.1) is 27.0 Å². The monoisotopic (exact) mass is 656 g/mol. The van der Waals surface area contributed by atoms with Crippen molar-refractivity contribution in [1.82, 2.24) is 9.97 Å². The molecule has 6 rings (SSSR count). The van der Waals surface area contributed by atoms with E-state index in [-0.39, 0.29) is 4.90 Å². The van der Waals surface area contributed by atoms with Crippen molar-refractivity contribution in [3.05, 3.63) is 78.4 Å². The summed E-state index contributed by atoms with van der Waals surface area (Å²) in [7, 11) is -2.84. The van der Waals surface area contributed by atoms with E-state index < -0.39 is 10.1 Å². The van der Waals surface area contributed by atoms with Gasteiger partial charge in [0.15, 0.2) is 0 Å². The first-order chi connectivity index (χ1) is 20.6. The van der Waals surface area contributed by atoms with Gasteiger partial charge in [0.05, 0.1) is 39.8 Å². The number of rotatable bonds is 7. The number of nitrogens with zero attached hydrogens (tertiary/aromatic N) is 2. The van der Waals surface area contributed by atoms with E-state index >= 15 is 0 Å². The normalized spacial score (nSPS) is 11.4. The SMILES string of the molecule is COc1ccc(SOOO)cc1N.Cc1ccc2sc(-c3ccc4sc(-c5ccc(N)cc5)nc4c3)nc2c1S(=O)(=O)O. The lowest BCUT2D eigenvalue weighted by atomic mass is 10.2. The summed E-state index contributed by atoms with van der Waals surface area (Å²) in [5.41, 5.74) is 16.0. The number of anilines is 2. The average molecular weight is 657 g/mol. The molecule has 11 nitrogen and oxygen atoms in total. The van der Waals surface area contributed by atoms with Crippen LogP contribution in [-0.4, -0.2) is 35.3 Å². The zero-order valence-electron chi connectivity index (χ0n) is 22.5. The number of aromatic nitrogens is 2. The van der Waals surface area contributed by atoms with Gasteiger partial charge in [-0.05, 0) is 73.2 Å². The molecule has 222 valence electrons. The number of nitrogen functional groups attached to an aromatic ring is 2. The number of nitrogens with two attached hydrogens (primary N) is 2. The molecule has 6 aromatic rings. The zero-order valence-corrected chi connectivity index (χ0v) is 25.8. The van der Waals surface area contributed by atoms with Gasteiger partial charge in [-0.2, -0.15) is 8.42 Å². The van der Waals surface area contributed by atoms with Crippen LogP contribution in [0, 0.1) is 6.92 Å². The molecule has 2 aromatic heterocycles. The van der Waals surface area contributed by atoms with E-state index in [1.165, 1.54) is 18.4 Å². The predicted molar refractivity (Wildman–Crippen MR) is 171 cm³/mol. The lowest BCUT2D eigenvalue weighted by Gasteiger charge is -2.04. The van der Waals surface area contributed by atoms with Crippen LogP contribution in [0.1, 0.15) is 5.56 Å². The molecule has 0 spiro atoms. The Bertz CT molecular complexity index is 2030. The minimum atomic E-state index is -4.37. The number of thiazole rings is 2. The third-order valence-corrected chi connectivity index (χ3v) is 9.88. The Labute approximate surface area is 258 Å². The molecule has 4 aromatic carbocycles. The van der Waals surface area contributed by atoms with Crippen molar-refractivity contribution in [3.8, 4) is 26.9 Å². The summed E-state index contributed by atoms with van der Waals surface area (Å²) in [6.45, 7) is 1.64. The van der Waals surface area contributed by atoms with Crippen LogP contribution in [0.15, 0.2) is 82.6 Å². The van der Waals surface area contributed by atoms with E-state index in [1.807, 2.05) is 48.5 Å². The maximum absolute atomic E-state index is 11.9. The fourth-order valence-electron chi connectivity index (χ4n) is 4.15. The molecule has 0 bridgehead atoms. The largest absolute Gasteiger partial charge is 0.495 e. The van der Waals surface area contributed by atoms with Gasteiger partial charge in [0, 0.05) is 21.7 Å². The molecule has 43 heavy (non-hydrogen) atoms. The molecule has 0 fully saturated rings. The molecule has 0 amide bonds. The number of aryl methyl sites for hydroxylation is 1. The summed E-state index contributed by atoms with van der Waals surface area (Å²) in [5.74, 6) is 0.592. The molecule has 6 N–H and O–H groups in total. The molecule has 0 aliphatic heterocycles. The van der Waals surface area contributed by atoms with E-state index in [9.17, 15) is 13.0 Å². The van der Waals surface area contributed by atoms with Crippen LogP contribution in [0.4, 0.5) is 11.4 Å². The van der Waals surface area contributed by atoms with Gasteiger partial charge in [0.1, 0.15) is 26.2 Å². The van der Waals surface area contributed by atoms with Crippen molar-refractivity contribution < 1.29 is 32.3 Å². The Kier molecular flexibility index (Phi) is 9.14. The standard InChI is InChI=1S/C21H15N3O3S3.C7H9NO4S/c1-11-2-8-17-18(19(11)30(25,26)27)24-21(29-17)13-5-9-16-15(10-13)23-20(28-16)12-3-6-14(22)7-4-12;1-10-7-3-2-5(4-6(7)8)13-12-11-9/h2-10H,22H2,1H3,(H,25,26,27);2-4,9H,8H2,1H3. The molecule has 2 heterocycles. The second kappa shape index (κ2) is 12.8. The van der Waals surface area contributed by atoms with Crippen molar-refractivity contribution >= 4 is 76.6 Å². The molecule has 0 aliphatic carbocycles. The van der Waals surface area contributed by atoms with Crippen LogP contribution in [0.5, 0.6) is 5.75 Å². The Hall–Kier alpha value is -3.80. The lowest BCUT2D eigenvalue weighted by molar-refractivity contribution is -0.432. The second-order valence-electron chi connectivity index (χ2n) is 9.01. The Morgan fingerprint density at radius 2 is 1.53 bits per heavy atom. The molecular weight excluding hydrogens is 633 g/mol. The number of benzene rings is 4.